The maximum absolute atomic E-state index is 11.4. The van der Waals surface area contributed by atoms with Crippen LogP contribution in [0.5, 0.6) is 11.5 Å². The highest BCUT2D eigenvalue weighted by molar-refractivity contribution is 5.99. The molecule has 0 fully saturated rings. The van der Waals surface area contributed by atoms with Gasteiger partial charge in [-0.05, 0) is 46.7 Å². The molecule has 110 valence electrons. The summed E-state index contributed by atoms with van der Waals surface area (Å²) in [6.07, 6.45) is 0. The van der Waals surface area contributed by atoms with E-state index in [1.165, 1.54) is 7.11 Å². The molecule has 0 saturated heterocycles. The van der Waals surface area contributed by atoms with E-state index in [0.29, 0.717) is 16.9 Å². The number of aromatic hydroxyl groups is 1. The van der Waals surface area contributed by atoms with Crippen molar-refractivity contribution in [1.82, 2.24) is 0 Å². The summed E-state index contributed by atoms with van der Waals surface area (Å²) in [4.78, 5) is 11.4. The van der Waals surface area contributed by atoms with Crippen molar-refractivity contribution in [2.24, 2.45) is 0 Å². The molecule has 0 saturated carbocycles. The summed E-state index contributed by atoms with van der Waals surface area (Å²) < 4.78 is 5.41. The molecule has 22 heavy (non-hydrogen) atoms. The number of carbonyl (C=O) groups is 1. The molecule has 0 radical (unpaired) electrons. The van der Waals surface area contributed by atoms with Crippen LogP contribution >= 0.6 is 0 Å². The molecule has 0 aliphatic rings. The van der Waals surface area contributed by atoms with E-state index in [-0.39, 0.29) is 11.3 Å². The molecule has 0 aromatic heterocycles. The number of ether oxygens (including phenoxy) is 1. The molecular formula is C18H14O4. The quantitative estimate of drug-likeness (QED) is 0.768. The van der Waals surface area contributed by atoms with Gasteiger partial charge in [-0.15, -0.1) is 0 Å². The van der Waals surface area contributed by atoms with Crippen LogP contribution in [0.4, 0.5) is 0 Å². The second kappa shape index (κ2) is 5.41. The molecule has 0 bridgehead atoms. The average Bonchev–Trinajstić information content (AvgIpc) is 2.53. The van der Waals surface area contributed by atoms with Gasteiger partial charge in [0.1, 0.15) is 11.5 Å². The van der Waals surface area contributed by atoms with Crippen molar-refractivity contribution < 1.29 is 19.7 Å². The largest absolute Gasteiger partial charge is 0.508 e. The highest BCUT2D eigenvalue weighted by Crippen LogP contribution is 2.36. The van der Waals surface area contributed by atoms with Crippen molar-refractivity contribution >= 4 is 16.7 Å². The third kappa shape index (κ3) is 2.35. The van der Waals surface area contributed by atoms with Crippen LogP contribution < -0.4 is 4.74 Å². The van der Waals surface area contributed by atoms with Gasteiger partial charge in [-0.2, -0.15) is 0 Å². The number of aromatic carboxylic acids is 1. The average molecular weight is 294 g/mol. The van der Waals surface area contributed by atoms with E-state index in [4.69, 9.17) is 4.74 Å². The van der Waals surface area contributed by atoms with Gasteiger partial charge in [0.05, 0.1) is 12.7 Å². The lowest BCUT2D eigenvalue weighted by molar-refractivity contribution is 0.0697. The van der Waals surface area contributed by atoms with Gasteiger partial charge < -0.3 is 14.9 Å². The van der Waals surface area contributed by atoms with Gasteiger partial charge in [0, 0.05) is 5.56 Å². The summed E-state index contributed by atoms with van der Waals surface area (Å²) in [5, 5.41) is 20.7. The third-order valence-electron chi connectivity index (χ3n) is 3.59. The van der Waals surface area contributed by atoms with Crippen LogP contribution in [0.2, 0.25) is 0 Å². The first-order valence-electron chi connectivity index (χ1n) is 6.73. The number of rotatable bonds is 3. The highest BCUT2D eigenvalue weighted by atomic mass is 16.5. The fourth-order valence-corrected chi connectivity index (χ4v) is 2.55. The SMILES string of the molecule is COc1cc2cc(O)ccc2cc1-c1ccccc1C(=O)O. The predicted molar refractivity (Wildman–Crippen MR) is 84.6 cm³/mol. The second-order valence-corrected chi connectivity index (χ2v) is 4.93. The van der Waals surface area contributed by atoms with Crippen LogP contribution in [0.15, 0.2) is 54.6 Å². The number of phenolic OH excluding ortho intramolecular Hbond substituents is 1. The minimum Gasteiger partial charge on any atom is -0.508 e. The van der Waals surface area contributed by atoms with Crippen LogP contribution in [-0.4, -0.2) is 23.3 Å². The Morgan fingerprint density at radius 1 is 0.955 bits per heavy atom. The number of carboxylic acid groups (broad SMARTS) is 1. The molecule has 4 heteroatoms. The number of fused-ring (bicyclic) bond motifs is 1. The topological polar surface area (TPSA) is 66.8 Å². The van der Waals surface area contributed by atoms with Crippen LogP contribution in [0, 0.1) is 0 Å². The van der Waals surface area contributed by atoms with Crippen LogP contribution in [-0.2, 0) is 0 Å². The number of hydrogen-bond donors (Lipinski definition) is 2. The van der Waals surface area contributed by atoms with Gasteiger partial charge in [0.2, 0.25) is 0 Å². The number of phenols is 1. The maximum Gasteiger partial charge on any atom is 0.336 e. The van der Waals surface area contributed by atoms with Crippen molar-refractivity contribution in [3.63, 3.8) is 0 Å². The van der Waals surface area contributed by atoms with Crippen LogP contribution in [0.3, 0.4) is 0 Å². The molecular weight excluding hydrogens is 280 g/mol. The van der Waals surface area contributed by atoms with E-state index in [2.05, 4.69) is 0 Å². The first-order valence-corrected chi connectivity index (χ1v) is 6.73. The van der Waals surface area contributed by atoms with Gasteiger partial charge in [0.15, 0.2) is 0 Å². The molecule has 3 aromatic carbocycles. The van der Waals surface area contributed by atoms with Crippen molar-refractivity contribution in [3.05, 3.63) is 60.2 Å². The van der Waals surface area contributed by atoms with Gasteiger partial charge in [-0.1, -0.05) is 24.3 Å². The number of carboxylic acids is 1. The van der Waals surface area contributed by atoms with Gasteiger partial charge in [-0.25, -0.2) is 4.79 Å². The van der Waals surface area contributed by atoms with Gasteiger partial charge in [-0.3, -0.25) is 0 Å². The number of methoxy groups -OCH3 is 1. The van der Waals surface area contributed by atoms with E-state index >= 15 is 0 Å². The second-order valence-electron chi connectivity index (χ2n) is 4.93. The molecule has 0 unspecified atom stereocenters. The van der Waals surface area contributed by atoms with Gasteiger partial charge >= 0.3 is 5.97 Å². The van der Waals surface area contributed by atoms with E-state index in [9.17, 15) is 15.0 Å². The van der Waals surface area contributed by atoms with E-state index in [0.717, 1.165) is 10.8 Å². The molecule has 4 nitrogen and oxygen atoms in total. The van der Waals surface area contributed by atoms with E-state index < -0.39 is 5.97 Å². The van der Waals surface area contributed by atoms with Crippen LogP contribution in [0.1, 0.15) is 10.4 Å². The molecule has 3 rings (SSSR count). The minimum absolute atomic E-state index is 0.174. The third-order valence-corrected chi connectivity index (χ3v) is 3.59. The summed E-state index contributed by atoms with van der Waals surface area (Å²) in [5.74, 6) is -0.247. The molecule has 0 atom stereocenters. The molecule has 3 aromatic rings. The minimum atomic E-state index is -0.983. The lowest BCUT2D eigenvalue weighted by Crippen LogP contribution is -2.00. The molecule has 2 N–H and O–H groups in total. The summed E-state index contributed by atoms with van der Waals surface area (Å²) in [6.45, 7) is 0. The Labute approximate surface area is 127 Å². The number of benzene rings is 3. The van der Waals surface area contributed by atoms with E-state index in [1.54, 1.807) is 48.5 Å². The Morgan fingerprint density at radius 2 is 1.73 bits per heavy atom. The lowest BCUT2D eigenvalue weighted by atomic mass is 9.96. The molecule has 0 aliphatic carbocycles. The highest BCUT2D eigenvalue weighted by Gasteiger charge is 2.15. The van der Waals surface area contributed by atoms with Crippen LogP contribution in [0.25, 0.3) is 21.9 Å². The summed E-state index contributed by atoms with van der Waals surface area (Å²) in [6, 6.07) is 15.5. The lowest BCUT2D eigenvalue weighted by Gasteiger charge is -2.13. The number of hydrogen-bond acceptors (Lipinski definition) is 3. The van der Waals surface area contributed by atoms with E-state index in [1.807, 2.05) is 6.07 Å². The monoisotopic (exact) mass is 294 g/mol. The maximum atomic E-state index is 11.4. The Kier molecular flexibility index (Phi) is 3.43. The zero-order chi connectivity index (χ0) is 15.7. The molecule has 0 heterocycles. The van der Waals surface area contributed by atoms with Crippen molar-refractivity contribution in [1.29, 1.82) is 0 Å². The van der Waals surface area contributed by atoms with Crippen molar-refractivity contribution in [2.45, 2.75) is 0 Å². The zero-order valence-electron chi connectivity index (χ0n) is 11.9. The fourth-order valence-electron chi connectivity index (χ4n) is 2.55. The summed E-state index contributed by atoms with van der Waals surface area (Å²) in [5.41, 5.74) is 1.53. The summed E-state index contributed by atoms with van der Waals surface area (Å²) >= 11 is 0. The van der Waals surface area contributed by atoms with Crippen molar-refractivity contribution in [2.75, 3.05) is 7.11 Å². The first kappa shape index (κ1) is 13.9. The normalized spacial score (nSPS) is 10.6. The smallest absolute Gasteiger partial charge is 0.336 e. The predicted octanol–water partition coefficient (Wildman–Crippen LogP) is 3.92. The Hall–Kier alpha value is -3.01. The zero-order valence-corrected chi connectivity index (χ0v) is 11.9. The Bertz CT molecular complexity index is 868. The van der Waals surface area contributed by atoms with Crippen molar-refractivity contribution in [3.8, 4) is 22.6 Å². The molecule has 0 spiro atoms. The molecule has 0 aliphatic heterocycles. The standard InChI is InChI=1S/C18H14O4/c1-22-17-10-12-8-13(19)7-6-11(12)9-16(17)14-4-2-3-5-15(14)18(20)21/h2-10,19H,1H3,(H,20,21). The first-order chi connectivity index (χ1) is 10.6. The molecule has 0 amide bonds. The Morgan fingerprint density at radius 3 is 2.45 bits per heavy atom. The summed E-state index contributed by atoms with van der Waals surface area (Å²) in [7, 11) is 1.54. The Balaban J connectivity index is 2.31. The van der Waals surface area contributed by atoms with Gasteiger partial charge in [0.25, 0.3) is 0 Å². The fraction of sp³-hybridized carbons (Fsp3) is 0.0556.